The van der Waals surface area contributed by atoms with E-state index in [4.69, 9.17) is 9.84 Å². The summed E-state index contributed by atoms with van der Waals surface area (Å²) in [6.45, 7) is 3.01. The van der Waals surface area contributed by atoms with E-state index in [9.17, 15) is 14.9 Å². The molecule has 1 saturated heterocycles. The van der Waals surface area contributed by atoms with Crippen molar-refractivity contribution in [3.8, 4) is 0 Å². The predicted molar refractivity (Wildman–Crippen MR) is 69.9 cm³/mol. The highest BCUT2D eigenvalue weighted by molar-refractivity contribution is 5.86. The van der Waals surface area contributed by atoms with Gasteiger partial charge in [0.25, 0.3) is 0 Å². The first-order valence-corrected chi connectivity index (χ1v) is 6.16. The van der Waals surface area contributed by atoms with Gasteiger partial charge in [0, 0.05) is 24.8 Å². The van der Waals surface area contributed by atoms with Gasteiger partial charge in [-0.25, -0.2) is 9.78 Å². The van der Waals surface area contributed by atoms with Gasteiger partial charge in [0.1, 0.15) is 0 Å². The number of carboxylic acid groups (broad SMARTS) is 1. The Kier molecular flexibility index (Phi) is 3.84. The summed E-state index contributed by atoms with van der Waals surface area (Å²) in [7, 11) is 0. The lowest BCUT2D eigenvalue weighted by Gasteiger charge is -2.34. The summed E-state index contributed by atoms with van der Waals surface area (Å²) in [5, 5.41) is 22.9. The van der Waals surface area contributed by atoms with Crippen molar-refractivity contribution >= 4 is 17.5 Å². The third kappa shape index (κ3) is 3.02. The molecule has 8 nitrogen and oxygen atoms in total. The molecule has 1 aromatic heterocycles. The molecule has 0 amide bonds. The standard InChI is InChI=1S/C12H15N3O5/c1-12(4-6-20-7-5-12)14-10-9(15(18)19)3-2-8(13-10)11(16)17/h2-3H,4-7H2,1H3,(H,13,14)(H,16,17). The van der Waals surface area contributed by atoms with Gasteiger partial charge in [-0.2, -0.15) is 0 Å². The lowest BCUT2D eigenvalue weighted by molar-refractivity contribution is -0.384. The molecule has 0 radical (unpaired) electrons. The number of nitrogens with zero attached hydrogens (tertiary/aromatic N) is 2. The van der Waals surface area contributed by atoms with Crippen LogP contribution in [-0.4, -0.2) is 39.7 Å². The van der Waals surface area contributed by atoms with Crippen LogP contribution < -0.4 is 5.32 Å². The van der Waals surface area contributed by atoms with Crippen molar-refractivity contribution in [3.05, 3.63) is 27.9 Å². The van der Waals surface area contributed by atoms with Crippen LogP contribution in [0.25, 0.3) is 0 Å². The topological polar surface area (TPSA) is 115 Å². The highest BCUT2D eigenvalue weighted by Gasteiger charge is 2.30. The van der Waals surface area contributed by atoms with Crippen LogP contribution in [0.4, 0.5) is 11.5 Å². The number of rotatable bonds is 4. The van der Waals surface area contributed by atoms with E-state index >= 15 is 0 Å². The molecule has 1 aliphatic rings. The second-order valence-corrected chi connectivity index (χ2v) is 4.92. The lowest BCUT2D eigenvalue weighted by Crippen LogP contribution is -2.41. The van der Waals surface area contributed by atoms with E-state index < -0.39 is 16.4 Å². The highest BCUT2D eigenvalue weighted by atomic mass is 16.6. The van der Waals surface area contributed by atoms with Crippen molar-refractivity contribution < 1.29 is 19.6 Å². The van der Waals surface area contributed by atoms with Crippen LogP contribution >= 0.6 is 0 Å². The van der Waals surface area contributed by atoms with Gasteiger partial charge in [0.15, 0.2) is 5.69 Å². The van der Waals surface area contributed by atoms with Crippen molar-refractivity contribution in [3.63, 3.8) is 0 Å². The van der Waals surface area contributed by atoms with Crippen LogP contribution in [0.3, 0.4) is 0 Å². The Bertz CT molecular complexity index is 540. The van der Waals surface area contributed by atoms with Gasteiger partial charge in [-0.05, 0) is 25.8 Å². The maximum absolute atomic E-state index is 11.0. The van der Waals surface area contributed by atoms with Crippen molar-refractivity contribution in [2.24, 2.45) is 0 Å². The molecule has 108 valence electrons. The number of nitro groups is 1. The number of carbonyl (C=O) groups is 1. The van der Waals surface area contributed by atoms with E-state index in [2.05, 4.69) is 10.3 Å². The summed E-state index contributed by atoms with van der Waals surface area (Å²) in [6.07, 6.45) is 1.34. The Morgan fingerprint density at radius 3 is 2.70 bits per heavy atom. The summed E-state index contributed by atoms with van der Waals surface area (Å²) >= 11 is 0. The van der Waals surface area contributed by atoms with Gasteiger partial charge in [-0.1, -0.05) is 0 Å². The molecule has 1 fully saturated rings. The Hall–Kier alpha value is -2.22. The molecule has 1 aliphatic heterocycles. The Morgan fingerprint density at radius 1 is 1.50 bits per heavy atom. The number of pyridine rings is 1. The predicted octanol–water partition coefficient (Wildman–Crippen LogP) is 1.67. The van der Waals surface area contributed by atoms with Gasteiger partial charge in [0.05, 0.1) is 4.92 Å². The largest absolute Gasteiger partial charge is 0.477 e. The van der Waals surface area contributed by atoms with E-state index in [-0.39, 0.29) is 17.2 Å². The van der Waals surface area contributed by atoms with Crippen molar-refractivity contribution in [2.45, 2.75) is 25.3 Å². The van der Waals surface area contributed by atoms with Crippen molar-refractivity contribution in [1.82, 2.24) is 4.98 Å². The number of hydrogen-bond acceptors (Lipinski definition) is 6. The van der Waals surface area contributed by atoms with E-state index in [1.807, 2.05) is 6.92 Å². The number of nitrogens with one attached hydrogen (secondary N) is 1. The van der Waals surface area contributed by atoms with Crippen LogP contribution in [0.15, 0.2) is 12.1 Å². The molecule has 8 heteroatoms. The molecule has 0 atom stereocenters. The minimum atomic E-state index is -1.22. The van der Waals surface area contributed by atoms with E-state index in [1.165, 1.54) is 0 Å². The summed E-state index contributed by atoms with van der Waals surface area (Å²) in [5.74, 6) is -1.24. The number of hydrogen-bond donors (Lipinski definition) is 2. The maximum Gasteiger partial charge on any atom is 0.354 e. The third-order valence-corrected chi connectivity index (χ3v) is 3.31. The molecule has 0 saturated carbocycles. The van der Waals surface area contributed by atoms with Crippen LogP contribution in [0.5, 0.6) is 0 Å². The molecule has 2 N–H and O–H groups in total. The van der Waals surface area contributed by atoms with Crippen LogP contribution in [0.1, 0.15) is 30.3 Å². The molecular formula is C12H15N3O5. The first-order chi connectivity index (χ1) is 9.41. The fourth-order valence-corrected chi connectivity index (χ4v) is 2.04. The Labute approximate surface area is 114 Å². The first-order valence-electron chi connectivity index (χ1n) is 6.16. The zero-order valence-electron chi connectivity index (χ0n) is 11.0. The molecule has 1 aromatic rings. The van der Waals surface area contributed by atoms with Gasteiger partial charge < -0.3 is 15.2 Å². The normalized spacial score (nSPS) is 17.4. The van der Waals surface area contributed by atoms with E-state index in [0.29, 0.717) is 26.1 Å². The minimum absolute atomic E-state index is 0.0145. The number of carboxylic acids is 1. The molecule has 0 aliphatic carbocycles. The second-order valence-electron chi connectivity index (χ2n) is 4.92. The van der Waals surface area contributed by atoms with Gasteiger partial charge in [-0.15, -0.1) is 0 Å². The summed E-state index contributed by atoms with van der Waals surface area (Å²) in [4.78, 5) is 25.2. The molecule has 2 rings (SSSR count). The second kappa shape index (κ2) is 5.41. The van der Waals surface area contributed by atoms with Gasteiger partial charge in [-0.3, -0.25) is 10.1 Å². The fraction of sp³-hybridized carbons (Fsp3) is 0.500. The average Bonchev–Trinajstić information content (AvgIpc) is 2.38. The monoisotopic (exact) mass is 281 g/mol. The number of aromatic carboxylic acids is 1. The quantitative estimate of drug-likeness (QED) is 0.637. The van der Waals surface area contributed by atoms with Crippen molar-refractivity contribution in [2.75, 3.05) is 18.5 Å². The molecule has 0 aromatic carbocycles. The SMILES string of the molecule is CC1(Nc2nc(C(=O)O)ccc2[N+](=O)[O-])CCOCC1. The van der Waals surface area contributed by atoms with Crippen LogP contribution in [-0.2, 0) is 4.74 Å². The molecule has 0 spiro atoms. The first kappa shape index (κ1) is 14.2. The number of anilines is 1. The molecule has 0 unspecified atom stereocenters. The van der Waals surface area contributed by atoms with Crippen LogP contribution in [0.2, 0.25) is 0 Å². The van der Waals surface area contributed by atoms with E-state index in [0.717, 1.165) is 12.1 Å². The van der Waals surface area contributed by atoms with Crippen molar-refractivity contribution in [1.29, 1.82) is 0 Å². The molecule has 20 heavy (non-hydrogen) atoms. The van der Waals surface area contributed by atoms with Crippen LogP contribution in [0, 0.1) is 10.1 Å². The number of ether oxygens (including phenoxy) is 1. The summed E-state index contributed by atoms with van der Waals surface area (Å²) in [5.41, 5.74) is -0.857. The Balaban J connectivity index is 2.34. The summed E-state index contributed by atoms with van der Waals surface area (Å²) < 4.78 is 5.25. The molecular weight excluding hydrogens is 266 g/mol. The zero-order chi connectivity index (χ0) is 14.8. The van der Waals surface area contributed by atoms with Gasteiger partial charge in [0.2, 0.25) is 5.82 Å². The maximum atomic E-state index is 11.0. The highest BCUT2D eigenvalue weighted by Crippen LogP contribution is 2.30. The fourth-order valence-electron chi connectivity index (χ4n) is 2.04. The van der Waals surface area contributed by atoms with E-state index in [1.54, 1.807) is 0 Å². The lowest BCUT2D eigenvalue weighted by atomic mass is 9.92. The Morgan fingerprint density at radius 2 is 2.15 bits per heavy atom. The number of aromatic nitrogens is 1. The smallest absolute Gasteiger partial charge is 0.354 e. The third-order valence-electron chi connectivity index (χ3n) is 3.31. The van der Waals surface area contributed by atoms with Gasteiger partial charge >= 0.3 is 11.7 Å². The minimum Gasteiger partial charge on any atom is -0.477 e. The zero-order valence-corrected chi connectivity index (χ0v) is 11.0. The average molecular weight is 281 g/mol. The molecule has 0 bridgehead atoms. The molecule has 2 heterocycles. The summed E-state index contributed by atoms with van der Waals surface area (Å²) in [6, 6.07) is 2.28.